The zero-order valence-corrected chi connectivity index (χ0v) is 10.3. The molecule has 0 aliphatic heterocycles. The number of benzene rings is 1. The second kappa shape index (κ2) is 4.63. The molecule has 1 aromatic heterocycles. The number of carbonyl (C=O) groups is 1. The van der Waals surface area contributed by atoms with Crippen molar-refractivity contribution in [3.8, 4) is 0 Å². The normalized spacial score (nSPS) is 10.3. The summed E-state index contributed by atoms with van der Waals surface area (Å²) in [7, 11) is 0. The lowest BCUT2D eigenvalue weighted by Gasteiger charge is -2.06. The van der Waals surface area contributed by atoms with Gasteiger partial charge in [-0.25, -0.2) is 0 Å². The third-order valence-corrected chi connectivity index (χ3v) is 2.63. The number of amides is 1. The lowest BCUT2D eigenvalue weighted by Crippen LogP contribution is -2.11. The molecule has 0 aliphatic rings. The number of aryl methyl sites for hydroxylation is 2. The maximum absolute atomic E-state index is 11.9. The quantitative estimate of drug-likeness (QED) is 0.880. The molecular weight excluding hydrogens is 238 g/mol. The number of hydrogen-bond acceptors (Lipinski definition) is 2. The molecule has 2 rings (SSSR count). The Morgan fingerprint density at radius 3 is 2.41 bits per heavy atom. The Morgan fingerprint density at radius 2 is 1.88 bits per heavy atom. The molecular formula is C13H12ClNO2. The van der Waals surface area contributed by atoms with Crippen molar-refractivity contribution in [2.75, 3.05) is 5.32 Å². The van der Waals surface area contributed by atoms with Crippen molar-refractivity contribution < 1.29 is 9.21 Å². The van der Waals surface area contributed by atoms with E-state index in [1.807, 2.05) is 32.0 Å². The number of hydrogen-bond donors (Lipinski definition) is 1. The molecule has 0 radical (unpaired) electrons. The zero-order valence-electron chi connectivity index (χ0n) is 9.58. The second-order valence-electron chi connectivity index (χ2n) is 3.94. The molecule has 0 spiro atoms. The van der Waals surface area contributed by atoms with E-state index in [1.54, 1.807) is 6.07 Å². The number of rotatable bonds is 2. The molecule has 88 valence electrons. The fourth-order valence-electron chi connectivity index (χ4n) is 1.70. The molecule has 1 N–H and O–H groups in total. The molecule has 1 heterocycles. The van der Waals surface area contributed by atoms with E-state index >= 15 is 0 Å². The highest BCUT2D eigenvalue weighted by molar-refractivity contribution is 6.32. The molecule has 0 aliphatic carbocycles. The van der Waals surface area contributed by atoms with E-state index in [9.17, 15) is 4.79 Å². The number of halogens is 1. The molecule has 0 saturated heterocycles. The largest absolute Gasteiger partial charge is 0.452 e. The van der Waals surface area contributed by atoms with Crippen LogP contribution in [0.5, 0.6) is 0 Å². The van der Waals surface area contributed by atoms with Gasteiger partial charge in [-0.3, -0.25) is 4.79 Å². The third-order valence-electron chi connectivity index (χ3n) is 2.34. The Balaban J connectivity index is 2.21. The van der Waals surface area contributed by atoms with Gasteiger partial charge in [-0.1, -0.05) is 6.07 Å². The van der Waals surface area contributed by atoms with Gasteiger partial charge >= 0.3 is 0 Å². The first-order valence-corrected chi connectivity index (χ1v) is 5.56. The lowest BCUT2D eigenvalue weighted by atomic mass is 10.1. The van der Waals surface area contributed by atoms with E-state index in [2.05, 4.69) is 5.32 Å². The van der Waals surface area contributed by atoms with Gasteiger partial charge in [0, 0.05) is 5.69 Å². The first kappa shape index (κ1) is 11.7. The summed E-state index contributed by atoms with van der Waals surface area (Å²) >= 11 is 5.74. The molecule has 0 saturated carbocycles. The van der Waals surface area contributed by atoms with Gasteiger partial charge in [-0.15, -0.1) is 0 Å². The van der Waals surface area contributed by atoms with Crippen LogP contribution in [0.4, 0.5) is 5.69 Å². The van der Waals surface area contributed by atoms with Crippen molar-refractivity contribution in [1.29, 1.82) is 0 Å². The van der Waals surface area contributed by atoms with Gasteiger partial charge in [0.2, 0.25) is 5.22 Å². The van der Waals surface area contributed by atoms with Crippen molar-refractivity contribution >= 4 is 23.2 Å². The molecule has 0 fully saturated rings. The minimum atomic E-state index is -0.270. The summed E-state index contributed by atoms with van der Waals surface area (Å²) in [5, 5.41) is 2.89. The van der Waals surface area contributed by atoms with Gasteiger partial charge in [0.1, 0.15) is 0 Å². The molecule has 4 heteroatoms. The van der Waals surface area contributed by atoms with Crippen molar-refractivity contribution in [2.45, 2.75) is 13.8 Å². The van der Waals surface area contributed by atoms with Crippen LogP contribution in [0.15, 0.2) is 34.9 Å². The summed E-state index contributed by atoms with van der Waals surface area (Å²) in [5.74, 6) is -0.270. The molecule has 0 unspecified atom stereocenters. The highest BCUT2D eigenvalue weighted by Crippen LogP contribution is 2.19. The summed E-state index contributed by atoms with van der Waals surface area (Å²) in [5.41, 5.74) is 3.28. The van der Waals surface area contributed by atoms with E-state index < -0.39 is 0 Å². The predicted octanol–water partition coefficient (Wildman–Crippen LogP) is 3.80. The van der Waals surface area contributed by atoms with E-state index in [4.69, 9.17) is 16.0 Å². The Bertz CT molecular complexity index is 540. The van der Waals surface area contributed by atoms with Gasteiger partial charge in [0.25, 0.3) is 5.91 Å². The number of carbonyl (C=O) groups excluding carboxylic acids is 1. The van der Waals surface area contributed by atoms with Crippen LogP contribution in [0.25, 0.3) is 0 Å². The smallest absolute Gasteiger partial charge is 0.260 e. The van der Waals surface area contributed by atoms with Crippen molar-refractivity contribution in [1.82, 2.24) is 0 Å². The van der Waals surface area contributed by atoms with Gasteiger partial charge in [-0.2, -0.15) is 0 Å². The summed E-state index contributed by atoms with van der Waals surface area (Å²) in [6.45, 7) is 3.96. The summed E-state index contributed by atoms with van der Waals surface area (Å²) in [4.78, 5) is 11.9. The first-order chi connectivity index (χ1) is 8.06. The highest BCUT2D eigenvalue weighted by Gasteiger charge is 2.13. The van der Waals surface area contributed by atoms with Crippen molar-refractivity contribution in [3.63, 3.8) is 0 Å². The molecule has 1 aromatic carbocycles. The Hall–Kier alpha value is -1.74. The highest BCUT2D eigenvalue weighted by atomic mass is 35.5. The van der Waals surface area contributed by atoms with Crippen LogP contribution in [-0.2, 0) is 0 Å². The van der Waals surface area contributed by atoms with Gasteiger partial charge in [-0.05, 0) is 54.8 Å². The molecule has 0 bridgehead atoms. The van der Waals surface area contributed by atoms with Crippen LogP contribution in [0.2, 0.25) is 5.22 Å². The monoisotopic (exact) mass is 249 g/mol. The molecule has 3 nitrogen and oxygen atoms in total. The topological polar surface area (TPSA) is 42.2 Å². The molecule has 1 amide bonds. The molecule has 17 heavy (non-hydrogen) atoms. The average molecular weight is 250 g/mol. The maximum Gasteiger partial charge on any atom is 0.260 e. The SMILES string of the molecule is Cc1cc(C)cc(NC(=O)c2ccoc2Cl)c1. The Labute approximate surface area is 104 Å². The summed E-state index contributed by atoms with van der Waals surface area (Å²) < 4.78 is 4.88. The van der Waals surface area contributed by atoms with Crippen molar-refractivity contribution in [2.24, 2.45) is 0 Å². The fourth-order valence-corrected chi connectivity index (χ4v) is 1.90. The zero-order chi connectivity index (χ0) is 12.4. The van der Waals surface area contributed by atoms with Crippen LogP contribution in [0.3, 0.4) is 0 Å². The van der Waals surface area contributed by atoms with Crippen LogP contribution < -0.4 is 5.32 Å². The molecule has 0 atom stereocenters. The fraction of sp³-hybridized carbons (Fsp3) is 0.154. The number of anilines is 1. The van der Waals surface area contributed by atoms with Crippen LogP contribution in [0.1, 0.15) is 21.5 Å². The van der Waals surface area contributed by atoms with Gasteiger partial charge in [0.15, 0.2) is 0 Å². The van der Waals surface area contributed by atoms with Crippen LogP contribution >= 0.6 is 11.6 Å². The maximum atomic E-state index is 11.9. The van der Waals surface area contributed by atoms with E-state index in [0.29, 0.717) is 5.56 Å². The van der Waals surface area contributed by atoms with E-state index in [0.717, 1.165) is 16.8 Å². The molecule has 2 aromatic rings. The predicted molar refractivity (Wildman–Crippen MR) is 67.6 cm³/mol. The van der Waals surface area contributed by atoms with Crippen LogP contribution in [0, 0.1) is 13.8 Å². The minimum absolute atomic E-state index is 0.104. The minimum Gasteiger partial charge on any atom is -0.452 e. The standard InChI is InChI=1S/C13H12ClNO2/c1-8-5-9(2)7-10(6-8)15-13(16)11-3-4-17-12(11)14/h3-7H,1-2H3,(H,15,16). The van der Waals surface area contributed by atoms with E-state index in [-0.39, 0.29) is 11.1 Å². The summed E-state index contributed by atoms with van der Waals surface area (Å²) in [6, 6.07) is 7.39. The lowest BCUT2D eigenvalue weighted by molar-refractivity contribution is 0.102. The van der Waals surface area contributed by atoms with Gasteiger partial charge in [0.05, 0.1) is 11.8 Å². The first-order valence-electron chi connectivity index (χ1n) is 5.19. The Morgan fingerprint density at radius 1 is 1.24 bits per heavy atom. The number of furan rings is 1. The summed E-state index contributed by atoms with van der Waals surface area (Å²) in [6.07, 6.45) is 1.39. The third kappa shape index (κ3) is 2.68. The average Bonchev–Trinajstić information content (AvgIpc) is 2.62. The van der Waals surface area contributed by atoms with Crippen molar-refractivity contribution in [3.05, 3.63) is 52.4 Å². The van der Waals surface area contributed by atoms with E-state index in [1.165, 1.54) is 6.26 Å². The second-order valence-corrected chi connectivity index (χ2v) is 4.28. The van der Waals surface area contributed by atoms with Crippen LogP contribution in [-0.4, -0.2) is 5.91 Å². The van der Waals surface area contributed by atoms with Gasteiger partial charge < -0.3 is 9.73 Å². The number of nitrogens with one attached hydrogen (secondary N) is 1. The Kier molecular flexibility index (Phi) is 3.20.